The minimum Gasteiger partial charge on any atom is -0.450 e. The van der Waals surface area contributed by atoms with E-state index in [0.717, 1.165) is 28.8 Å². The summed E-state index contributed by atoms with van der Waals surface area (Å²) in [6, 6.07) is 5.88. The summed E-state index contributed by atoms with van der Waals surface area (Å²) in [6.45, 7) is 6.82. The van der Waals surface area contributed by atoms with Crippen molar-refractivity contribution in [3.05, 3.63) is 28.2 Å². The van der Waals surface area contributed by atoms with Crippen LogP contribution in [0.4, 0.5) is 10.5 Å². The third-order valence-corrected chi connectivity index (χ3v) is 4.24. The van der Waals surface area contributed by atoms with Crippen molar-refractivity contribution in [2.45, 2.75) is 20.0 Å². The summed E-state index contributed by atoms with van der Waals surface area (Å²) < 4.78 is 5.98. The molecule has 21 heavy (non-hydrogen) atoms. The molecule has 0 aromatic heterocycles. The van der Waals surface area contributed by atoms with Crippen LogP contribution < -0.4 is 4.90 Å². The summed E-state index contributed by atoms with van der Waals surface area (Å²) in [7, 11) is 0. The highest BCUT2D eigenvalue weighted by Gasteiger charge is 2.23. The number of hydrogen-bond acceptors (Lipinski definition) is 4. The van der Waals surface area contributed by atoms with Crippen molar-refractivity contribution in [1.82, 2.24) is 4.90 Å². The number of piperazine rings is 1. The molecule has 1 N–H and O–H groups in total. The minimum atomic E-state index is -0.476. The molecule has 0 bridgehead atoms. The van der Waals surface area contributed by atoms with Crippen molar-refractivity contribution in [3.63, 3.8) is 0 Å². The molecule has 1 amide bonds. The zero-order chi connectivity index (χ0) is 15.4. The van der Waals surface area contributed by atoms with Gasteiger partial charge in [0.05, 0.1) is 18.4 Å². The number of rotatable bonds is 3. The predicted molar refractivity (Wildman–Crippen MR) is 85.6 cm³/mol. The Bertz CT molecular complexity index is 500. The van der Waals surface area contributed by atoms with Crippen LogP contribution in [0.3, 0.4) is 0 Å². The fraction of sp³-hybridized carbons (Fsp3) is 0.533. The number of benzene rings is 1. The van der Waals surface area contributed by atoms with Crippen LogP contribution in [0.25, 0.3) is 0 Å². The van der Waals surface area contributed by atoms with Gasteiger partial charge >= 0.3 is 6.09 Å². The third kappa shape index (κ3) is 3.89. The van der Waals surface area contributed by atoms with Crippen molar-refractivity contribution >= 4 is 27.7 Å². The van der Waals surface area contributed by atoms with Crippen molar-refractivity contribution in [3.8, 4) is 0 Å². The maximum absolute atomic E-state index is 11.7. The first kappa shape index (κ1) is 16.1. The molecule has 1 saturated heterocycles. The van der Waals surface area contributed by atoms with Crippen LogP contribution in [-0.4, -0.2) is 48.9 Å². The van der Waals surface area contributed by atoms with Gasteiger partial charge < -0.3 is 19.6 Å². The third-order valence-electron chi connectivity index (χ3n) is 3.60. The minimum absolute atomic E-state index is 0.235. The van der Waals surface area contributed by atoms with E-state index < -0.39 is 6.10 Å². The molecule has 1 aromatic carbocycles. The van der Waals surface area contributed by atoms with Crippen LogP contribution in [0.5, 0.6) is 0 Å². The fourth-order valence-corrected chi connectivity index (χ4v) is 3.03. The monoisotopic (exact) mass is 356 g/mol. The Labute approximate surface area is 133 Å². The van der Waals surface area contributed by atoms with E-state index in [9.17, 15) is 9.90 Å². The number of ether oxygens (including phenoxy) is 1. The number of aliphatic hydroxyl groups excluding tert-OH is 1. The van der Waals surface area contributed by atoms with Gasteiger partial charge in [-0.2, -0.15) is 0 Å². The van der Waals surface area contributed by atoms with Crippen LogP contribution in [0.2, 0.25) is 0 Å². The molecule has 1 aliphatic rings. The number of aliphatic hydroxyl groups is 1. The Hall–Kier alpha value is -1.27. The van der Waals surface area contributed by atoms with Gasteiger partial charge in [0.15, 0.2) is 0 Å². The van der Waals surface area contributed by atoms with E-state index in [4.69, 9.17) is 4.74 Å². The van der Waals surface area contributed by atoms with Gasteiger partial charge in [0.25, 0.3) is 0 Å². The Morgan fingerprint density at radius 3 is 2.57 bits per heavy atom. The number of hydrogen-bond donors (Lipinski definition) is 1. The second-order valence-corrected chi connectivity index (χ2v) is 5.91. The maximum atomic E-state index is 11.7. The van der Waals surface area contributed by atoms with Crippen LogP contribution >= 0.6 is 15.9 Å². The molecule has 0 saturated carbocycles. The van der Waals surface area contributed by atoms with Crippen LogP contribution in [0.15, 0.2) is 22.7 Å². The number of anilines is 1. The first-order valence-corrected chi connectivity index (χ1v) is 7.96. The van der Waals surface area contributed by atoms with Gasteiger partial charge in [0, 0.05) is 30.7 Å². The average Bonchev–Trinajstić information content (AvgIpc) is 2.47. The van der Waals surface area contributed by atoms with E-state index in [-0.39, 0.29) is 6.09 Å². The molecule has 1 aliphatic heterocycles. The average molecular weight is 357 g/mol. The molecule has 5 nitrogen and oxygen atoms in total. The molecule has 1 heterocycles. The maximum Gasteiger partial charge on any atom is 0.409 e. The molecule has 0 unspecified atom stereocenters. The summed E-state index contributed by atoms with van der Waals surface area (Å²) >= 11 is 3.56. The summed E-state index contributed by atoms with van der Waals surface area (Å²) in [6.07, 6.45) is -0.711. The lowest BCUT2D eigenvalue weighted by Crippen LogP contribution is -2.49. The van der Waals surface area contributed by atoms with E-state index in [2.05, 4.69) is 20.8 Å². The highest BCUT2D eigenvalue weighted by atomic mass is 79.9. The zero-order valence-electron chi connectivity index (χ0n) is 12.4. The second-order valence-electron chi connectivity index (χ2n) is 5.06. The quantitative estimate of drug-likeness (QED) is 0.904. The van der Waals surface area contributed by atoms with Crippen LogP contribution in [-0.2, 0) is 4.74 Å². The molecular formula is C15H21BrN2O3. The van der Waals surface area contributed by atoms with Gasteiger partial charge in [0.1, 0.15) is 0 Å². The zero-order valence-corrected chi connectivity index (χ0v) is 14.0. The predicted octanol–water partition coefficient (Wildman–Crippen LogP) is 2.78. The standard InChI is InChI=1S/C15H21BrN2O3/c1-3-21-15(20)18-8-6-17(7-9-18)14-5-4-12(11(2)19)10-13(14)16/h4-5,10-11,19H,3,6-9H2,1-2H3/t11-/m1/s1. The highest BCUT2D eigenvalue weighted by Crippen LogP contribution is 2.30. The van der Waals surface area contributed by atoms with Gasteiger partial charge in [-0.25, -0.2) is 4.79 Å². The Balaban J connectivity index is 2.01. The molecule has 116 valence electrons. The molecular weight excluding hydrogens is 336 g/mol. The topological polar surface area (TPSA) is 53.0 Å². The lowest BCUT2D eigenvalue weighted by molar-refractivity contribution is 0.105. The van der Waals surface area contributed by atoms with Gasteiger partial charge in [-0.1, -0.05) is 6.07 Å². The largest absolute Gasteiger partial charge is 0.450 e. The van der Waals surface area contributed by atoms with Crippen molar-refractivity contribution in [2.75, 3.05) is 37.7 Å². The van der Waals surface area contributed by atoms with E-state index >= 15 is 0 Å². The first-order valence-electron chi connectivity index (χ1n) is 7.17. The van der Waals surface area contributed by atoms with Crippen LogP contribution in [0.1, 0.15) is 25.5 Å². The van der Waals surface area contributed by atoms with Gasteiger partial charge in [-0.05, 0) is 47.5 Å². The molecule has 1 fully saturated rings. The Morgan fingerprint density at radius 1 is 1.38 bits per heavy atom. The summed E-state index contributed by atoms with van der Waals surface area (Å²) in [5.41, 5.74) is 1.97. The smallest absolute Gasteiger partial charge is 0.409 e. The number of carbonyl (C=O) groups is 1. The lowest BCUT2D eigenvalue weighted by Gasteiger charge is -2.36. The molecule has 1 aromatic rings. The number of nitrogens with zero attached hydrogens (tertiary/aromatic N) is 2. The van der Waals surface area contributed by atoms with Gasteiger partial charge in [-0.3, -0.25) is 0 Å². The second kappa shape index (κ2) is 7.13. The fourth-order valence-electron chi connectivity index (χ4n) is 2.38. The number of amides is 1. The Morgan fingerprint density at radius 2 is 2.05 bits per heavy atom. The van der Waals surface area contributed by atoms with E-state index in [1.165, 1.54) is 0 Å². The summed E-state index contributed by atoms with van der Waals surface area (Å²) in [4.78, 5) is 15.6. The van der Waals surface area contributed by atoms with E-state index in [1.807, 2.05) is 25.1 Å². The normalized spacial score (nSPS) is 16.8. The number of halogens is 1. The summed E-state index contributed by atoms with van der Waals surface area (Å²) in [5, 5.41) is 9.60. The molecule has 0 radical (unpaired) electrons. The lowest BCUT2D eigenvalue weighted by atomic mass is 10.1. The van der Waals surface area contributed by atoms with E-state index in [1.54, 1.807) is 11.8 Å². The first-order chi connectivity index (χ1) is 10.0. The molecule has 0 aliphatic carbocycles. The van der Waals surface area contributed by atoms with Crippen molar-refractivity contribution < 1.29 is 14.6 Å². The van der Waals surface area contributed by atoms with E-state index in [0.29, 0.717) is 19.7 Å². The molecule has 1 atom stereocenters. The van der Waals surface area contributed by atoms with Crippen LogP contribution in [0, 0.1) is 0 Å². The van der Waals surface area contributed by atoms with Crippen molar-refractivity contribution in [1.29, 1.82) is 0 Å². The van der Waals surface area contributed by atoms with Gasteiger partial charge in [-0.15, -0.1) is 0 Å². The summed E-state index contributed by atoms with van der Waals surface area (Å²) in [5.74, 6) is 0. The SMILES string of the molecule is CCOC(=O)N1CCN(c2ccc([C@@H](C)O)cc2Br)CC1. The Kier molecular flexibility index (Phi) is 5.47. The molecule has 2 rings (SSSR count). The highest BCUT2D eigenvalue weighted by molar-refractivity contribution is 9.10. The molecule has 6 heteroatoms. The number of carbonyl (C=O) groups excluding carboxylic acids is 1. The van der Waals surface area contributed by atoms with Crippen molar-refractivity contribution in [2.24, 2.45) is 0 Å². The van der Waals surface area contributed by atoms with Gasteiger partial charge in [0.2, 0.25) is 0 Å². The molecule has 0 spiro atoms.